The summed E-state index contributed by atoms with van der Waals surface area (Å²) in [4.78, 5) is 6.82. The van der Waals surface area contributed by atoms with Crippen LogP contribution in [-0.4, -0.2) is 23.2 Å². The summed E-state index contributed by atoms with van der Waals surface area (Å²) in [5.41, 5.74) is 2.54. The Kier molecular flexibility index (Phi) is 3.77. The van der Waals surface area contributed by atoms with Crippen LogP contribution in [0.3, 0.4) is 0 Å². The van der Waals surface area contributed by atoms with E-state index in [4.69, 9.17) is 0 Å². The molecule has 0 amide bonds. The van der Waals surface area contributed by atoms with Crippen LogP contribution in [0.4, 0.5) is 0 Å². The van der Waals surface area contributed by atoms with Crippen molar-refractivity contribution in [2.24, 2.45) is 4.99 Å². The molecule has 0 unspecified atom stereocenters. The zero-order valence-corrected chi connectivity index (χ0v) is 14.7. The van der Waals surface area contributed by atoms with E-state index in [-0.39, 0.29) is 17.0 Å². The van der Waals surface area contributed by atoms with E-state index < -0.39 is 0 Å². The third-order valence-electron chi connectivity index (χ3n) is 3.16. The van der Waals surface area contributed by atoms with E-state index in [2.05, 4.69) is 55.5 Å². The van der Waals surface area contributed by atoms with Gasteiger partial charge in [-0.3, -0.25) is 4.99 Å². The van der Waals surface area contributed by atoms with Crippen molar-refractivity contribution in [3.63, 3.8) is 0 Å². The van der Waals surface area contributed by atoms with Crippen LogP contribution in [0, 0.1) is 0 Å². The van der Waals surface area contributed by atoms with Gasteiger partial charge in [0.2, 0.25) is 0 Å². The Morgan fingerprint density at radius 1 is 1.26 bits per heavy atom. The van der Waals surface area contributed by atoms with Crippen LogP contribution in [0.2, 0.25) is 0 Å². The summed E-state index contributed by atoms with van der Waals surface area (Å²) in [5, 5.41) is 4.59. The SMILES string of the molecule is Br.BrC1=C(c2ccc3sccc3c2)N2CCN=C2S1. The highest BCUT2D eigenvalue weighted by molar-refractivity contribution is 9.14. The number of aliphatic imine (C=N–C) groups is 1. The first-order valence-electron chi connectivity index (χ1n) is 5.70. The number of fused-ring (bicyclic) bond motifs is 2. The van der Waals surface area contributed by atoms with Crippen molar-refractivity contribution < 1.29 is 0 Å². The molecule has 0 saturated heterocycles. The van der Waals surface area contributed by atoms with Gasteiger partial charge in [-0.1, -0.05) is 6.07 Å². The van der Waals surface area contributed by atoms with Gasteiger partial charge < -0.3 is 4.90 Å². The van der Waals surface area contributed by atoms with Gasteiger partial charge in [0.1, 0.15) is 0 Å². The molecule has 0 atom stereocenters. The average molecular weight is 418 g/mol. The Balaban J connectivity index is 0.00000110. The van der Waals surface area contributed by atoms with E-state index in [0.717, 1.165) is 18.3 Å². The normalized spacial score (nSPS) is 17.7. The second-order valence-corrected chi connectivity index (χ2v) is 7.46. The molecule has 0 fully saturated rings. The first-order valence-corrected chi connectivity index (χ1v) is 8.19. The first kappa shape index (κ1) is 13.7. The van der Waals surface area contributed by atoms with Crippen molar-refractivity contribution in [2.45, 2.75) is 0 Å². The number of halogens is 2. The van der Waals surface area contributed by atoms with E-state index in [1.165, 1.54) is 25.2 Å². The lowest BCUT2D eigenvalue weighted by Gasteiger charge is -2.16. The lowest BCUT2D eigenvalue weighted by atomic mass is 10.1. The first-order chi connectivity index (χ1) is 8.83. The van der Waals surface area contributed by atoms with Gasteiger partial charge in [-0.2, -0.15) is 0 Å². The van der Waals surface area contributed by atoms with Crippen molar-refractivity contribution in [1.29, 1.82) is 0 Å². The smallest absolute Gasteiger partial charge is 0.169 e. The molecule has 0 bridgehead atoms. The van der Waals surface area contributed by atoms with Crippen molar-refractivity contribution in [1.82, 2.24) is 4.90 Å². The van der Waals surface area contributed by atoms with Crippen LogP contribution < -0.4 is 0 Å². The Morgan fingerprint density at radius 2 is 2.16 bits per heavy atom. The van der Waals surface area contributed by atoms with Gasteiger partial charge in [-0.05, 0) is 56.7 Å². The van der Waals surface area contributed by atoms with E-state index in [1.807, 2.05) is 0 Å². The highest BCUT2D eigenvalue weighted by atomic mass is 79.9. The minimum absolute atomic E-state index is 0. The number of thioether (sulfide) groups is 1. The molecule has 2 nitrogen and oxygen atoms in total. The molecule has 3 heterocycles. The summed E-state index contributed by atoms with van der Waals surface area (Å²) >= 11 is 7.18. The second kappa shape index (κ2) is 5.24. The summed E-state index contributed by atoms with van der Waals surface area (Å²) < 4.78 is 2.52. The van der Waals surface area contributed by atoms with Gasteiger partial charge in [0.15, 0.2) is 5.17 Å². The number of amidine groups is 1. The molecular weight excluding hydrogens is 408 g/mol. The number of hydrogen-bond donors (Lipinski definition) is 0. The van der Waals surface area contributed by atoms with Crippen LogP contribution in [0.5, 0.6) is 0 Å². The minimum Gasteiger partial charge on any atom is -0.317 e. The highest BCUT2D eigenvalue weighted by Crippen LogP contribution is 2.45. The maximum atomic E-state index is 4.51. The quantitative estimate of drug-likeness (QED) is 0.654. The van der Waals surface area contributed by atoms with Gasteiger partial charge >= 0.3 is 0 Å². The van der Waals surface area contributed by atoms with Crippen LogP contribution in [0.15, 0.2) is 38.5 Å². The van der Waals surface area contributed by atoms with Crippen molar-refractivity contribution in [3.05, 3.63) is 39.0 Å². The summed E-state index contributed by atoms with van der Waals surface area (Å²) in [7, 11) is 0. The van der Waals surface area contributed by atoms with E-state index >= 15 is 0 Å². The Bertz CT molecular complexity index is 705. The van der Waals surface area contributed by atoms with Crippen LogP contribution in [-0.2, 0) is 0 Å². The van der Waals surface area contributed by atoms with E-state index in [0.29, 0.717) is 0 Å². The molecule has 19 heavy (non-hydrogen) atoms. The standard InChI is InChI=1S/C13H9BrN2S2.BrH/c14-12-11(16-5-4-15-13(16)18-12)9-1-2-10-8(7-9)3-6-17-10;/h1-3,6-7H,4-5H2;1H. The molecule has 2 aromatic rings. The third kappa shape index (κ3) is 2.18. The number of nitrogens with zero attached hydrogens (tertiary/aromatic N) is 2. The zero-order chi connectivity index (χ0) is 12.1. The van der Waals surface area contributed by atoms with Crippen molar-refractivity contribution in [3.8, 4) is 0 Å². The highest BCUT2D eigenvalue weighted by Gasteiger charge is 2.31. The molecule has 0 spiro atoms. The summed E-state index contributed by atoms with van der Waals surface area (Å²) in [6, 6.07) is 8.86. The molecule has 4 rings (SSSR count). The predicted octanol–water partition coefficient (Wildman–Crippen LogP) is 4.92. The minimum atomic E-state index is 0. The number of hydrogen-bond acceptors (Lipinski definition) is 4. The average Bonchev–Trinajstić information content (AvgIpc) is 3.02. The molecule has 1 aromatic carbocycles. The fourth-order valence-electron chi connectivity index (χ4n) is 2.34. The zero-order valence-electron chi connectivity index (χ0n) is 9.80. The third-order valence-corrected chi connectivity index (χ3v) is 5.83. The monoisotopic (exact) mass is 416 g/mol. The molecular formula is C13H10Br2N2S2. The molecule has 0 N–H and O–H groups in total. The molecule has 0 radical (unpaired) electrons. The molecule has 2 aliphatic heterocycles. The van der Waals surface area contributed by atoms with Gasteiger partial charge in [-0.25, -0.2) is 0 Å². The number of benzene rings is 1. The Morgan fingerprint density at radius 3 is 3.05 bits per heavy atom. The fourth-order valence-corrected chi connectivity index (χ4v) is 4.92. The lowest BCUT2D eigenvalue weighted by molar-refractivity contribution is 0.649. The van der Waals surface area contributed by atoms with Gasteiger partial charge in [0.05, 0.1) is 16.1 Å². The largest absolute Gasteiger partial charge is 0.317 e. The van der Waals surface area contributed by atoms with Crippen molar-refractivity contribution >= 4 is 77.0 Å². The Hall–Kier alpha value is -0.300. The van der Waals surface area contributed by atoms with Crippen molar-refractivity contribution in [2.75, 3.05) is 13.1 Å². The summed E-state index contributed by atoms with van der Waals surface area (Å²) in [6.45, 7) is 1.90. The maximum Gasteiger partial charge on any atom is 0.169 e. The van der Waals surface area contributed by atoms with Crippen LogP contribution in [0.1, 0.15) is 5.56 Å². The fraction of sp³-hybridized carbons (Fsp3) is 0.154. The molecule has 0 saturated carbocycles. The number of rotatable bonds is 1. The van der Waals surface area contributed by atoms with Crippen LogP contribution >= 0.6 is 56.0 Å². The lowest BCUT2D eigenvalue weighted by Crippen LogP contribution is -2.19. The molecule has 0 aliphatic carbocycles. The summed E-state index contributed by atoms with van der Waals surface area (Å²) in [5.74, 6) is 0. The molecule has 1 aromatic heterocycles. The second-order valence-electron chi connectivity index (χ2n) is 4.21. The van der Waals surface area contributed by atoms with Gasteiger partial charge in [0, 0.05) is 16.8 Å². The van der Waals surface area contributed by atoms with Gasteiger partial charge in [0.25, 0.3) is 0 Å². The number of thiophene rings is 1. The molecule has 98 valence electrons. The topological polar surface area (TPSA) is 15.6 Å². The predicted molar refractivity (Wildman–Crippen MR) is 94.6 cm³/mol. The van der Waals surface area contributed by atoms with Crippen LogP contribution in [0.25, 0.3) is 15.8 Å². The van der Waals surface area contributed by atoms with E-state index in [9.17, 15) is 0 Å². The van der Waals surface area contributed by atoms with Gasteiger partial charge in [-0.15, -0.1) is 28.3 Å². The molecule has 2 aliphatic rings. The van der Waals surface area contributed by atoms with E-state index in [1.54, 1.807) is 23.1 Å². The Labute approximate surface area is 138 Å². The maximum absolute atomic E-state index is 4.51. The molecule has 6 heteroatoms. The summed E-state index contributed by atoms with van der Waals surface area (Å²) in [6.07, 6.45) is 0.